The first-order valence-corrected chi connectivity index (χ1v) is 9.12. The predicted molar refractivity (Wildman–Crippen MR) is 89.6 cm³/mol. The summed E-state index contributed by atoms with van der Waals surface area (Å²) in [6.45, 7) is 10.5. The standard InChI is InChI=1S/C17H30N2S/c1-4-12-19(13-15-8-6-7-11-18-15)14(3)17-10-9-16(5-2)20-17/h9-10,14-15,18H,4-8,11-13H2,1-3H3. The van der Waals surface area contributed by atoms with Crippen LogP contribution in [0.4, 0.5) is 0 Å². The van der Waals surface area contributed by atoms with Gasteiger partial charge in [0.25, 0.3) is 0 Å². The zero-order chi connectivity index (χ0) is 14.4. The fraction of sp³-hybridized carbons (Fsp3) is 0.765. The van der Waals surface area contributed by atoms with E-state index in [0.717, 1.165) is 6.42 Å². The summed E-state index contributed by atoms with van der Waals surface area (Å²) in [5, 5.41) is 3.69. The monoisotopic (exact) mass is 294 g/mol. The molecule has 1 aliphatic rings. The number of aryl methyl sites for hydroxylation is 1. The lowest BCUT2D eigenvalue weighted by molar-refractivity contribution is 0.178. The smallest absolute Gasteiger partial charge is 0.0414 e. The third-order valence-electron chi connectivity index (χ3n) is 4.37. The van der Waals surface area contributed by atoms with Gasteiger partial charge >= 0.3 is 0 Å². The Morgan fingerprint density at radius 1 is 1.35 bits per heavy atom. The van der Waals surface area contributed by atoms with Crippen molar-refractivity contribution in [3.05, 3.63) is 21.9 Å². The molecule has 0 aromatic carbocycles. The Morgan fingerprint density at radius 2 is 2.20 bits per heavy atom. The summed E-state index contributed by atoms with van der Waals surface area (Å²) in [7, 11) is 0. The topological polar surface area (TPSA) is 15.3 Å². The minimum atomic E-state index is 0.559. The number of piperidine rings is 1. The fourth-order valence-electron chi connectivity index (χ4n) is 3.08. The van der Waals surface area contributed by atoms with Crippen LogP contribution in [-0.4, -0.2) is 30.6 Å². The van der Waals surface area contributed by atoms with Crippen LogP contribution in [0.1, 0.15) is 62.3 Å². The van der Waals surface area contributed by atoms with Gasteiger partial charge in [-0.2, -0.15) is 0 Å². The molecule has 0 spiro atoms. The van der Waals surface area contributed by atoms with Gasteiger partial charge in [0.1, 0.15) is 0 Å². The normalized spacial score (nSPS) is 21.3. The van der Waals surface area contributed by atoms with E-state index in [1.165, 1.54) is 55.1 Å². The molecule has 1 aromatic heterocycles. The Balaban J connectivity index is 1.98. The number of hydrogen-bond donors (Lipinski definition) is 1. The molecule has 2 heterocycles. The van der Waals surface area contributed by atoms with Crippen LogP contribution in [0.25, 0.3) is 0 Å². The molecule has 20 heavy (non-hydrogen) atoms. The summed E-state index contributed by atoms with van der Waals surface area (Å²) >= 11 is 2.00. The van der Waals surface area contributed by atoms with E-state index in [1.807, 2.05) is 11.3 Å². The van der Waals surface area contributed by atoms with Gasteiger partial charge in [0, 0.05) is 28.4 Å². The molecule has 3 heteroatoms. The van der Waals surface area contributed by atoms with E-state index in [2.05, 4.69) is 43.1 Å². The summed E-state index contributed by atoms with van der Waals surface area (Å²) in [5.74, 6) is 0. The van der Waals surface area contributed by atoms with Gasteiger partial charge in [-0.15, -0.1) is 11.3 Å². The summed E-state index contributed by atoms with van der Waals surface area (Å²) in [6.07, 6.45) is 6.49. The van der Waals surface area contributed by atoms with Crippen molar-refractivity contribution in [1.29, 1.82) is 0 Å². The Morgan fingerprint density at radius 3 is 2.80 bits per heavy atom. The van der Waals surface area contributed by atoms with Crippen molar-refractivity contribution < 1.29 is 0 Å². The Hall–Kier alpha value is -0.380. The highest BCUT2D eigenvalue weighted by atomic mass is 32.1. The summed E-state index contributed by atoms with van der Waals surface area (Å²) < 4.78 is 0. The number of hydrogen-bond acceptors (Lipinski definition) is 3. The SMILES string of the molecule is CCCN(CC1CCCCN1)C(C)c1ccc(CC)s1. The predicted octanol–water partition coefficient (Wildman–Crippen LogP) is 4.23. The van der Waals surface area contributed by atoms with Gasteiger partial charge in [-0.05, 0) is 57.8 Å². The van der Waals surface area contributed by atoms with Gasteiger partial charge in [-0.25, -0.2) is 0 Å². The third kappa shape index (κ3) is 4.31. The Bertz CT molecular complexity index is 382. The van der Waals surface area contributed by atoms with Crippen molar-refractivity contribution in [3.8, 4) is 0 Å². The molecule has 2 nitrogen and oxygen atoms in total. The largest absolute Gasteiger partial charge is 0.313 e. The highest BCUT2D eigenvalue weighted by Gasteiger charge is 2.21. The number of rotatable bonds is 7. The molecular weight excluding hydrogens is 264 g/mol. The van der Waals surface area contributed by atoms with Gasteiger partial charge in [0.2, 0.25) is 0 Å². The van der Waals surface area contributed by atoms with E-state index in [9.17, 15) is 0 Å². The first kappa shape index (κ1) is 16.0. The lowest BCUT2D eigenvalue weighted by Gasteiger charge is -2.34. The second-order valence-electron chi connectivity index (χ2n) is 5.98. The first-order chi connectivity index (χ1) is 9.74. The molecule has 1 fully saturated rings. The summed E-state index contributed by atoms with van der Waals surface area (Å²) in [4.78, 5) is 5.72. The van der Waals surface area contributed by atoms with Gasteiger partial charge in [0.15, 0.2) is 0 Å². The fourth-order valence-corrected chi connectivity index (χ4v) is 4.12. The Labute approximate surface area is 128 Å². The van der Waals surface area contributed by atoms with Crippen LogP contribution < -0.4 is 5.32 Å². The lowest BCUT2D eigenvalue weighted by atomic mass is 10.0. The van der Waals surface area contributed by atoms with Gasteiger partial charge in [0.05, 0.1) is 0 Å². The van der Waals surface area contributed by atoms with Crippen molar-refractivity contribution in [2.45, 2.75) is 65.0 Å². The molecule has 2 rings (SSSR count). The van der Waals surface area contributed by atoms with Crippen LogP contribution in [0, 0.1) is 0 Å². The van der Waals surface area contributed by atoms with E-state index in [4.69, 9.17) is 0 Å². The molecule has 0 bridgehead atoms. The van der Waals surface area contributed by atoms with Crippen molar-refractivity contribution >= 4 is 11.3 Å². The van der Waals surface area contributed by atoms with Crippen LogP contribution >= 0.6 is 11.3 Å². The minimum absolute atomic E-state index is 0.559. The van der Waals surface area contributed by atoms with Gasteiger partial charge in [-0.1, -0.05) is 20.3 Å². The van der Waals surface area contributed by atoms with Crippen molar-refractivity contribution in [3.63, 3.8) is 0 Å². The Kier molecular flexibility index (Phi) is 6.53. The van der Waals surface area contributed by atoms with Crippen LogP contribution in [0.15, 0.2) is 12.1 Å². The molecule has 0 amide bonds. The molecule has 2 unspecified atom stereocenters. The molecule has 0 radical (unpaired) electrons. The lowest BCUT2D eigenvalue weighted by Crippen LogP contribution is -2.44. The van der Waals surface area contributed by atoms with E-state index in [1.54, 1.807) is 0 Å². The third-order valence-corrected chi connectivity index (χ3v) is 5.77. The molecule has 0 aliphatic carbocycles. The molecule has 1 N–H and O–H groups in total. The van der Waals surface area contributed by atoms with Crippen LogP contribution in [0.5, 0.6) is 0 Å². The zero-order valence-corrected chi connectivity index (χ0v) is 14.1. The number of nitrogens with one attached hydrogen (secondary N) is 1. The molecule has 1 aliphatic heterocycles. The molecule has 0 saturated carbocycles. The highest BCUT2D eigenvalue weighted by molar-refractivity contribution is 7.12. The van der Waals surface area contributed by atoms with Crippen LogP contribution in [-0.2, 0) is 6.42 Å². The van der Waals surface area contributed by atoms with E-state index in [0.29, 0.717) is 12.1 Å². The molecule has 1 saturated heterocycles. The van der Waals surface area contributed by atoms with E-state index >= 15 is 0 Å². The van der Waals surface area contributed by atoms with Crippen molar-refractivity contribution in [2.75, 3.05) is 19.6 Å². The number of thiophene rings is 1. The van der Waals surface area contributed by atoms with Crippen LogP contribution in [0.3, 0.4) is 0 Å². The second kappa shape index (κ2) is 8.16. The summed E-state index contributed by atoms with van der Waals surface area (Å²) in [6, 6.07) is 5.90. The second-order valence-corrected chi connectivity index (χ2v) is 7.18. The maximum absolute atomic E-state index is 3.69. The van der Waals surface area contributed by atoms with Gasteiger partial charge in [-0.3, -0.25) is 4.90 Å². The van der Waals surface area contributed by atoms with Gasteiger partial charge < -0.3 is 5.32 Å². The number of nitrogens with zero attached hydrogens (tertiary/aromatic N) is 1. The average Bonchev–Trinajstić information content (AvgIpc) is 2.96. The van der Waals surface area contributed by atoms with E-state index < -0.39 is 0 Å². The van der Waals surface area contributed by atoms with Crippen LogP contribution in [0.2, 0.25) is 0 Å². The molecule has 1 aromatic rings. The average molecular weight is 295 g/mol. The zero-order valence-electron chi connectivity index (χ0n) is 13.3. The molecular formula is C17H30N2S. The molecule has 2 atom stereocenters. The maximum Gasteiger partial charge on any atom is 0.0414 e. The maximum atomic E-state index is 3.69. The first-order valence-electron chi connectivity index (χ1n) is 8.30. The minimum Gasteiger partial charge on any atom is -0.313 e. The molecule has 114 valence electrons. The van der Waals surface area contributed by atoms with Crippen molar-refractivity contribution in [2.24, 2.45) is 0 Å². The quantitative estimate of drug-likeness (QED) is 0.810. The highest BCUT2D eigenvalue weighted by Crippen LogP contribution is 2.28. The van der Waals surface area contributed by atoms with Crippen molar-refractivity contribution in [1.82, 2.24) is 10.2 Å². The summed E-state index contributed by atoms with van der Waals surface area (Å²) in [5.41, 5.74) is 0. The van der Waals surface area contributed by atoms with E-state index in [-0.39, 0.29) is 0 Å².